The quantitative estimate of drug-likeness (QED) is 0.740. The summed E-state index contributed by atoms with van der Waals surface area (Å²) in [6, 6.07) is 16.2. The van der Waals surface area contributed by atoms with E-state index in [4.69, 9.17) is 4.74 Å². The van der Waals surface area contributed by atoms with E-state index in [1.165, 1.54) is 12.1 Å². The number of likely N-dealkylation sites (tertiary alicyclic amines) is 1. The summed E-state index contributed by atoms with van der Waals surface area (Å²) in [5, 5.41) is 0. The third-order valence-corrected chi connectivity index (χ3v) is 7.12. The first-order chi connectivity index (χ1) is 15.0. The van der Waals surface area contributed by atoms with Crippen LogP contribution in [-0.4, -0.2) is 47.0 Å². The molecule has 0 N–H and O–H groups in total. The molecule has 6 heteroatoms. The summed E-state index contributed by atoms with van der Waals surface area (Å²) in [5.41, 5.74) is 0.727. The van der Waals surface area contributed by atoms with Crippen LogP contribution in [0, 0.1) is 5.82 Å². The van der Waals surface area contributed by atoms with E-state index < -0.39 is 11.0 Å². The lowest BCUT2D eigenvalue weighted by atomic mass is 9.77. The van der Waals surface area contributed by atoms with Crippen molar-refractivity contribution in [1.82, 2.24) is 9.80 Å². The molecule has 1 spiro atoms. The lowest BCUT2D eigenvalue weighted by Gasteiger charge is -2.33. The number of carbonyl (C=O) groups is 2. The second-order valence-electron chi connectivity index (χ2n) is 9.17. The highest BCUT2D eigenvalue weighted by molar-refractivity contribution is 5.89. The van der Waals surface area contributed by atoms with Crippen LogP contribution < -0.4 is 0 Å². The Labute approximate surface area is 181 Å². The van der Waals surface area contributed by atoms with Gasteiger partial charge in [-0.05, 0) is 36.1 Å². The van der Waals surface area contributed by atoms with Crippen molar-refractivity contribution >= 4 is 12.0 Å². The second kappa shape index (κ2) is 7.66. The van der Waals surface area contributed by atoms with Crippen LogP contribution in [0.3, 0.4) is 0 Å². The second-order valence-corrected chi connectivity index (χ2v) is 9.17. The molecule has 5 rings (SSSR count). The molecule has 2 saturated heterocycles. The van der Waals surface area contributed by atoms with Gasteiger partial charge in [-0.25, -0.2) is 9.18 Å². The van der Waals surface area contributed by atoms with Crippen LogP contribution in [0.1, 0.15) is 43.2 Å². The Kier molecular flexibility index (Phi) is 4.95. The summed E-state index contributed by atoms with van der Waals surface area (Å²) in [5.74, 6) is -0.202. The highest BCUT2D eigenvalue weighted by atomic mass is 19.1. The number of amides is 2. The Morgan fingerprint density at radius 2 is 1.68 bits per heavy atom. The van der Waals surface area contributed by atoms with Gasteiger partial charge in [-0.3, -0.25) is 9.69 Å². The van der Waals surface area contributed by atoms with Gasteiger partial charge in [-0.15, -0.1) is 0 Å². The summed E-state index contributed by atoms with van der Waals surface area (Å²) in [6.07, 6.45) is 3.87. The number of ether oxygens (including phenoxy) is 1. The van der Waals surface area contributed by atoms with Crippen LogP contribution >= 0.6 is 0 Å². The van der Waals surface area contributed by atoms with E-state index in [0.717, 1.165) is 36.8 Å². The molecule has 3 fully saturated rings. The molecule has 2 aliphatic heterocycles. The van der Waals surface area contributed by atoms with Crippen molar-refractivity contribution in [2.45, 2.75) is 49.7 Å². The lowest BCUT2D eigenvalue weighted by molar-refractivity contribution is -0.137. The molecule has 5 nitrogen and oxygen atoms in total. The molecule has 1 saturated carbocycles. The Hall–Kier alpha value is -2.89. The van der Waals surface area contributed by atoms with E-state index in [9.17, 15) is 14.0 Å². The number of hydrogen-bond acceptors (Lipinski definition) is 3. The van der Waals surface area contributed by atoms with Gasteiger partial charge in [0, 0.05) is 19.5 Å². The van der Waals surface area contributed by atoms with Crippen LogP contribution in [-0.2, 0) is 21.5 Å². The van der Waals surface area contributed by atoms with Gasteiger partial charge >= 0.3 is 6.09 Å². The van der Waals surface area contributed by atoms with Crippen LogP contribution in [0.2, 0.25) is 0 Å². The van der Waals surface area contributed by atoms with E-state index in [0.29, 0.717) is 32.6 Å². The minimum Gasteiger partial charge on any atom is -0.439 e. The van der Waals surface area contributed by atoms with Crippen LogP contribution in [0.15, 0.2) is 54.6 Å². The molecule has 1 aliphatic carbocycles. The topological polar surface area (TPSA) is 49.9 Å². The molecular weight excluding hydrogens is 395 g/mol. The zero-order valence-electron chi connectivity index (χ0n) is 17.6. The van der Waals surface area contributed by atoms with E-state index in [2.05, 4.69) is 0 Å². The van der Waals surface area contributed by atoms with Gasteiger partial charge in [0.05, 0.1) is 18.5 Å². The summed E-state index contributed by atoms with van der Waals surface area (Å²) in [6.45, 7) is 2.00. The molecule has 1 atom stereocenters. The minimum atomic E-state index is -0.635. The Balaban J connectivity index is 1.32. The van der Waals surface area contributed by atoms with Crippen molar-refractivity contribution in [1.29, 1.82) is 0 Å². The van der Waals surface area contributed by atoms with Gasteiger partial charge in [0.15, 0.2) is 5.60 Å². The predicted molar refractivity (Wildman–Crippen MR) is 114 cm³/mol. The fourth-order valence-electron chi connectivity index (χ4n) is 5.53. The first-order valence-electron chi connectivity index (χ1n) is 11.1. The molecular formula is C25H27FN2O3. The molecule has 2 aromatic rings. The number of rotatable bonds is 4. The number of nitrogens with zero attached hydrogens (tertiary/aromatic N) is 2. The Morgan fingerprint density at radius 3 is 2.39 bits per heavy atom. The zero-order valence-corrected chi connectivity index (χ0v) is 17.6. The van der Waals surface area contributed by atoms with Crippen LogP contribution in [0.4, 0.5) is 9.18 Å². The molecule has 31 heavy (non-hydrogen) atoms. The van der Waals surface area contributed by atoms with Crippen molar-refractivity contribution in [2.24, 2.45) is 0 Å². The average molecular weight is 423 g/mol. The van der Waals surface area contributed by atoms with Crippen molar-refractivity contribution < 1.29 is 18.7 Å². The maximum Gasteiger partial charge on any atom is 0.410 e. The summed E-state index contributed by atoms with van der Waals surface area (Å²) < 4.78 is 19.3. The molecule has 2 heterocycles. The molecule has 162 valence electrons. The average Bonchev–Trinajstić information content (AvgIpc) is 3.49. The van der Waals surface area contributed by atoms with Crippen LogP contribution in [0.5, 0.6) is 0 Å². The third kappa shape index (κ3) is 3.58. The van der Waals surface area contributed by atoms with Crippen molar-refractivity contribution in [3.63, 3.8) is 0 Å². The normalized spacial score (nSPS) is 24.7. The Bertz CT molecular complexity index is 972. The smallest absolute Gasteiger partial charge is 0.410 e. The fourth-order valence-corrected chi connectivity index (χ4v) is 5.53. The van der Waals surface area contributed by atoms with Gasteiger partial charge in [0.2, 0.25) is 5.91 Å². The SMILES string of the molecule is O=C1O[C@]2(CCN(C(=O)C3(c4ccc(F)cc4)CCCC3)C2)CN1Cc1ccccc1. The maximum absolute atomic E-state index is 13.7. The zero-order chi connectivity index (χ0) is 21.5. The monoisotopic (exact) mass is 422 g/mol. The molecule has 0 radical (unpaired) electrons. The fraction of sp³-hybridized carbons (Fsp3) is 0.440. The van der Waals surface area contributed by atoms with Gasteiger partial charge in [0.1, 0.15) is 5.82 Å². The largest absolute Gasteiger partial charge is 0.439 e. The Morgan fingerprint density at radius 1 is 0.968 bits per heavy atom. The van der Waals surface area contributed by atoms with Gasteiger partial charge in [-0.2, -0.15) is 0 Å². The highest BCUT2D eigenvalue weighted by Crippen LogP contribution is 2.44. The lowest BCUT2D eigenvalue weighted by Crippen LogP contribution is -2.47. The summed E-state index contributed by atoms with van der Waals surface area (Å²) >= 11 is 0. The van der Waals surface area contributed by atoms with E-state index >= 15 is 0 Å². The highest BCUT2D eigenvalue weighted by Gasteiger charge is 2.54. The third-order valence-electron chi connectivity index (χ3n) is 7.12. The van der Waals surface area contributed by atoms with E-state index in [1.54, 1.807) is 17.0 Å². The number of halogens is 1. The van der Waals surface area contributed by atoms with Gasteiger partial charge in [0.25, 0.3) is 0 Å². The first-order valence-corrected chi connectivity index (χ1v) is 11.1. The summed E-state index contributed by atoms with van der Waals surface area (Å²) in [4.78, 5) is 29.9. The standard InChI is InChI=1S/C25H27FN2O3/c26-21-10-8-20(9-11-21)25(12-4-5-13-25)22(29)27-15-14-24(17-27)18-28(23(30)31-24)16-19-6-2-1-3-7-19/h1-3,6-11H,4-5,12-18H2/t24-/m0/s1. The molecule has 2 aromatic carbocycles. The van der Waals surface area contributed by atoms with Crippen LogP contribution in [0.25, 0.3) is 0 Å². The number of carbonyl (C=O) groups excluding carboxylic acids is 2. The molecule has 2 amide bonds. The summed E-state index contributed by atoms with van der Waals surface area (Å²) in [7, 11) is 0. The molecule has 0 aromatic heterocycles. The number of hydrogen-bond donors (Lipinski definition) is 0. The maximum atomic E-state index is 13.7. The van der Waals surface area contributed by atoms with E-state index in [-0.39, 0.29) is 17.8 Å². The van der Waals surface area contributed by atoms with Crippen molar-refractivity contribution in [3.8, 4) is 0 Å². The first kappa shape index (κ1) is 20.0. The number of benzene rings is 2. The molecule has 3 aliphatic rings. The molecule has 0 unspecified atom stereocenters. The van der Waals surface area contributed by atoms with Gasteiger partial charge < -0.3 is 9.64 Å². The molecule has 0 bridgehead atoms. The van der Waals surface area contributed by atoms with Crippen molar-refractivity contribution in [2.75, 3.05) is 19.6 Å². The predicted octanol–water partition coefficient (Wildman–Crippen LogP) is 4.26. The van der Waals surface area contributed by atoms with E-state index in [1.807, 2.05) is 35.2 Å². The van der Waals surface area contributed by atoms with Gasteiger partial charge in [-0.1, -0.05) is 55.3 Å². The van der Waals surface area contributed by atoms with Crippen molar-refractivity contribution in [3.05, 3.63) is 71.5 Å². The minimum absolute atomic E-state index is 0.0889.